The van der Waals surface area contributed by atoms with Crippen LogP contribution in [0.15, 0.2) is 41.7 Å². The summed E-state index contributed by atoms with van der Waals surface area (Å²) in [5.41, 5.74) is 8.46. The van der Waals surface area contributed by atoms with E-state index in [1.54, 1.807) is 13.3 Å². The molecule has 8 heteroatoms. The molecule has 3 N–H and O–H groups in total. The summed E-state index contributed by atoms with van der Waals surface area (Å²) in [5, 5.41) is 0.466. The first-order valence-corrected chi connectivity index (χ1v) is 10.9. The molecule has 0 spiro atoms. The Morgan fingerprint density at radius 3 is 2.62 bits per heavy atom. The molecule has 0 aliphatic heterocycles. The lowest BCUT2D eigenvalue weighted by Crippen LogP contribution is -2.06. The summed E-state index contributed by atoms with van der Waals surface area (Å²) in [4.78, 5) is 11.9. The highest BCUT2D eigenvalue weighted by atomic mass is 32.2. The zero-order chi connectivity index (χ0) is 21.2. The van der Waals surface area contributed by atoms with Crippen LogP contribution in [-0.2, 0) is 21.3 Å². The predicted molar refractivity (Wildman–Crippen MR) is 116 cm³/mol. The molecule has 0 amide bonds. The molecule has 0 radical (unpaired) electrons. The number of nitrogens with zero attached hydrogens (tertiary/aromatic N) is 2. The van der Waals surface area contributed by atoms with Gasteiger partial charge in [0.25, 0.3) is 0 Å². The molecular weight excluding hydrogens is 388 g/mol. The summed E-state index contributed by atoms with van der Waals surface area (Å²) in [6.45, 7) is 7.06. The number of nitrogens with two attached hydrogens (primary N) is 1. The second kappa shape index (κ2) is 11.6. The number of aromatic nitrogens is 3. The van der Waals surface area contributed by atoms with Crippen LogP contribution in [0.1, 0.15) is 31.5 Å². The zero-order valence-electron chi connectivity index (χ0n) is 17.5. The maximum atomic E-state index is 12.7. The Balaban J connectivity index is 0.000000687. The zero-order valence-corrected chi connectivity index (χ0v) is 18.3. The predicted octanol–water partition coefficient (Wildman–Crippen LogP) is 3.34. The van der Waals surface area contributed by atoms with Crippen molar-refractivity contribution in [2.75, 3.05) is 20.3 Å². The fourth-order valence-electron chi connectivity index (χ4n) is 2.48. The highest BCUT2D eigenvalue weighted by Crippen LogP contribution is 2.22. The molecular formula is C21H30N4O3S. The average Bonchev–Trinajstić information content (AvgIpc) is 3.12. The minimum atomic E-state index is -1.30. The third-order valence-electron chi connectivity index (χ3n) is 3.86. The summed E-state index contributed by atoms with van der Waals surface area (Å²) in [6.07, 6.45) is 2.50. The molecule has 0 bridgehead atoms. The Hall–Kier alpha value is -2.29. The number of benzene rings is 1. The Morgan fingerprint density at radius 2 is 1.93 bits per heavy atom. The molecule has 158 valence electrons. The quantitative estimate of drug-likeness (QED) is 0.544. The summed E-state index contributed by atoms with van der Waals surface area (Å²) in [5.74, 6) is 1.06. The SMILES string of the molecule is CC(C)N.COCCCOc1ccnc(CS(=O)c2nc3ccccc3[nH]2)c1C. The molecule has 3 rings (SSSR count). The monoisotopic (exact) mass is 418 g/mol. The summed E-state index contributed by atoms with van der Waals surface area (Å²) in [7, 11) is 0.371. The van der Waals surface area contributed by atoms with E-state index in [0.29, 0.717) is 30.2 Å². The van der Waals surface area contributed by atoms with Gasteiger partial charge in [-0.05, 0) is 31.2 Å². The van der Waals surface area contributed by atoms with E-state index in [1.807, 2.05) is 51.1 Å². The number of pyridine rings is 1. The third kappa shape index (κ3) is 7.23. The van der Waals surface area contributed by atoms with Gasteiger partial charge in [-0.1, -0.05) is 26.0 Å². The second-order valence-electron chi connectivity index (χ2n) is 6.87. The average molecular weight is 419 g/mol. The van der Waals surface area contributed by atoms with Gasteiger partial charge >= 0.3 is 0 Å². The highest BCUT2D eigenvalue weighted by Gasteiger charge is 2.14. The van der Waals surface area contributed by atoms with Gasteiger partial charge in [0.15, 0.2) is 5.16 Å². The lowest BCUT2D eigenvalue weighted by Gasteiger charge is -2.11. The number of ether oxygens (including phenoxy) is 2. The minimum absolute atomic E-state index is 0.293. The summed E-state index contributed by atoms with van der Waals surface area (Å²) >= 11 is 0. The maximum Gasteiger partial charge on any atom is 0.197 e. The van der Waals surface area contributed by atoms with Gasteiger partial charge in [-0.2, -0.15) is 0 Å². The molecule has 0 aliphatic carbocycles. The number of hydrogen-bond donors (Lipinski definition) is 2. The number of hydrogen-bond acceptors (Lipinski definition) is 6. The lowest BCUT2D eigenvalue weighted by atomic mass is 10.2. The topological polar surface area (TPSA) is 103 Å². The van der Waals surface area contributed by atoms with Crippen LogP contribution in [0.2, 0.25) is 0 Å². The number of H-pyrrole nitrogens is 1. The first-order chi connectivity index (χ1) is 13.9. The van der Waals surface area contributed by atoms with Crippen molar-refractivity contribution in [3.63, 3.8) is 0 Å². The van der Waals surface area contributed by atoms with Gasteiger partial charge < -0.3 is 20.2 Å². The second-order valence-corrected chi connectivity index (χ2v) is 8.23. The molecule has 7 nitrogen and oxygen atoms in total. The Bertz CT molecular complexity index is 891. The molecule has 1 unspecified atom stereocenters. The lowest BCUT2D eigenvalue weighted by molar-refractivity contribution is 0.172. The van der Waals surface area contributed by atoms with Crippen LogP contribution in [0.25, 0.3) is 11.0 Å². The number of nitrogens with one attached hydrogen (secondary N) is 1. The smallest absolute Gasteiger partial charge is 0.197 e. The largest absolute Gasteiger partial charge is 0.493 e. The van der Waals surface area contributed by atoms with Crippen LogP contribution in [-0.4, -0.2) is 45.5 Å². The van der Waals surface area contributed by atoms with Crippen molar-refractivity contribution in [1.29, 1.82) is 0 Å². The van der Waals surface area contributed by atoms with Crippen LogP contribution < -0.4 is 10.5 Å². The highest BCUT2D eigenvalue weighted by molar-refractivity contribution is 7.84. The number of imidazole rings is 1. The summed E-state index contributed by atoms with van der Waals surface area (Å²) < 4.78 is 23.5. The van der Waals surface area contributed by atoms with Crippen LogP contribution in [0.3, 0.4) is 0 Å². The molecule has 0 fully saturated rings. The van der Waals surface area contributed by atoms with Gasteiger partial charge in [0.2, 0.25) is 0 Å². The first kappa shape index (κ1) is 23.0. The van der Waals surface area contributed by atoms with Crippen molar-refractivity contribution in [2.24, 2.45) is 5.73 Å². The minimum Gasteiger partial charge on any atom is -0.493 e. The number of rotatable bonds is 8. The van der Waals surface area contributed by atoms with Crippen molar-refractivity contribution in [1.82, 2.24) is 15.0 Å². The number of aromatic amines is 1. The molecule has 0 aliphatic rings. The summed E-state index contributed by atoms with van der Waals surface area (Å²) in [6, 6.07) is 9.80. The van der Waals surface area contributed by atoms with Gasteiger partial charge in [-0.15, -0.1) is 0 Å². The molecule has 1 atom stereocenters. The van der Waals surface area contributed by atoms with Crippen molar-refractivity contribution < 1.29 is 13.7 Å². The fourth-order valence-corrected chi connectivity index (χ4v) is 3.58. The Morgan fingerprint density at radius 1 is 1.21 bits per heavy atom. The van der Waals surface area contributed by atoms with E-state index in [4.69, 9.17) is 15.2 Å². The third-order valence-corrected chi connectivity index (χ3v) is 5.02. The van der Waals surface area contributed by atoms with Gasteiger partial charge in [0.05, 0.1) is 39.9 Å². The van der Waals surface area contributed by atoms with Crippen molar-refractivity contribution in [2.45, 2.75) is 44.1 Å². The maximum absolute atomic E-state index is 12.7. The number of fused-ring (bicyclic) bond motifs is 1. The van der Waals surface area contributed by atoms with Gasteiger partial charge in [-0.3, -0.25) is 9.19 Å². The van der Waals surface area contributed by atoms with E-state index < -0.39 is 10.8 Å². The van der Waals surface area contributed by atoms with Crippen LogP contribution in [0.4, 0.5) is 0 Å². The van der Waals surface area contributed by atoms with Crippen LogP contribution in [0.5, 0.6) is 5.75 Å². The van der Waals surface area contributed by atoms with Gasteiger partial charge in [-0.25, -0.2) is 4.98 Å². The van der Waals surface area contributed by atoms with E-state index >= 15 is 0 Å². The molecule has 1 aromatic carbocycles. The fraction of sp³-hybridized carbons (Fsp3) is 0.429. The van der Waals surface area contributed by atoms with Gasteiger partial charge in [0, 0.05) is 31.9 Å². The Kier molecular flexibility index (Phi) is 9.24. The molecule has 0 saturated heterocycles. The van der Waals surface area contributed by atoms with Crippen LogP contribution in [0, 0.1) is 6.92 Å². The van der Waals surface area contributed by atoms with E-state index in [-0.39, 0.29) is 0 Å². The van der Waals surface area contributed by atoms with Crippen molar-refractivity contribution >= 4 is 21.8 Å². The molecule has 2 aromatic heterocycles. The molecule has 3 aromatic rings. The standard InChI is InChI=1S/C18H21N3O3S.C3H9N/c1-13-16(19-9-8-17(13)24-11-5-10-23-2)12-25(22)18-20-14-6-3-4-7-15(14)21-18;1-3(2)4/h3-4,6-9H,5,10-12H2,1-2H3,(H,20,21);3H,4H2,1-2H3. The number of para-hydroxylation sites is 2. The van der Waals surface area contributed by atoms with Gasteiger partial charge in [0.1, 0.15) is 5.75 Å². The first-order valence-electron chi connectivity index (χ1n) is 9.57. The number of methoxy groups -OCH3 is 1. The molecule has 29 heavy (non-hydrogen) atoms. The molecule has 0 saturated carbocycles. The van der Waals surface area contributed by atoms with E-state index in [1.165, 1.54) is 0 Å². The van der Waals surface area contributed by atoms with E-state index in [2.05, 4.69) is 15.0 Å². The normalized spacial score (nSPS) is 11.9. The van der Waals surface area contributed by atoms with Crippen LogP contribution >= 0.6 is 0 Å². The Labute approximate surface area is 174 Å². The van der Waals surface area contributed by atoms with E-state index in [0.717, 1.165) is 34.5 Å². The van der Waals surface area contributed by atoms with Crippen molar-refractivity contribution in [3.8, 4) is 5.75 Å². The molecule has 2 heterocycles. The van der Waals surface area contributed by atoms with E-state index in [9.17, 15) is 4.21 Å². The van der Waals surface area contributed by atoms with Crippen molar-refractivity contribution in [3.05, 3.63) is 47.8 Å².